The molecule has 1 aliphatic rings. The second-order valence-electron chi connectivity index (χ2n) is 5.50. The summed E-state index contributed by atoms with van der Waals surface area (Å²) in [6.45, 7) is 2.89. The molecule has 0 radical (unpaired) electrons. The highest BCUT2D eigenvalue weighted by molar-refractivity contribution is 5.94. The van der Waals surface area contributed by atoms with Crippen molar-refractivity contribution < 1.29 is 18.8 Å². The fourth-order valence-corrected chi connectivity index (χ4v) is 2.40. The minimum atomic E-state index is -0.407. The Morgan fingerprint density at radius 3 is 2.74 bits per heavy atom. The van der Waals surface area contributed by atoms with Crippen LogP contribution in [0.3, 0.4) is 0 Å². The van der Waals surface area contributed by atoms with Crippen molar-refractivity contribution in [2.45, 2.75) is 25.8 Å². The lowest BCUT2D eigenvalue weighted by Gasteiger charge is -2.26. The van der Waals surface area contributed by atoms with Gasteiger partial charge in [0.2, 0.25) is 11.8 Å². The molecule has 1 unspecified atom stereocenters. The molecule has 0 saturated carbocycles. The first-order valence-electron chi connectivity index (χ1n) is 7.57. The van der Waals surface area contributed by atoms with E-state index in [0.29, 0.717) is 18.7 Å². The molecule has 7 heteroatoms. The summed E-state index contributed by atoms with van der Waals surface area (Å²) < 4.78 is 12.8. The maximum Gasteiger partial charge on any atom is 0.251 e. The van der Waals surface area contributed by atoms with Crippen molar-refractivity contribution in [3.05, 3.63) is 35.6 Å². The van der Waals surface area contributed by atoms with Crippen LogP contribution in [0, 0.1) is 5.82 Å². The van der Waals surface area contributed by atoms with E-state index in [1.807, 2.05) is 6.92 Å². The molecule has 1 heterocycles. The molecule has 1 saturated heterocycles. The van der Waals surface area contributed by atoms with Crippen molar-refractivity contribution in [3.63, 3.8) is 0 Å². The molecule has 0 bridgehead atoms. The summed E-state index contributed by atoms with van der Waals surface area (Å²) >= 11 is 0. The summed E-state index contributed by atoms with van der Waals surface area (Å²) in [5.74, 6) is -0.918. The molecular formula is C16H20FN3O3. The van der Waals surface area contributed by atoms with E-state index < -0.39 is 5.82 Å². The molecule has 2 rings (SSSR count). The Hall–Kier alpha value is -2.44. The SMILES string of the molecule is CC1CNC(=O)CCN1C(=O)CCNC(=O)c1ccc(F)cc1. The van der Waals surface area contributed by atoms with Crippen molar-refractivity contribution in [2.24, 2.45) is 0 Å². The number of amides is 3. The smallest absolute Gasteiger partial charge is 0.251 e. The number of hydrogen-bond donors (Lipinski definition) is 2. The summed E-state index contributed by atoms with van der Waals surface area (Å²) in [5, 5.41) is 5.38. The summed E-state index contributed by atoms with van der Waals surface area (Å²) in [4.78, 5) is 37.1. The Balaban J connectivity index is 1.80. The molecule has 23 heavy (non-hydrogen) atoms. The number of nitrogens with zero attached hydrogens (tertiary/aromatic N) is 1. The molecule has 1 aromatic carbocycles. The third kappa shape index (κ3) is 4.77. The van der Waals surface area contributed by atoms with Gasteiger partial charge >= 0.3 is 0 Å². The van der Waals surface area contributed by atoms with Crippen LogP contribution in [0.4, 0.5) is 4.39 Å². The van der Waals surface area contributed by atoms with Crippen molar-refractivity contribution in [2.75, 3.05) is 19.6 Å². The average molecular weight is 321 g/mol. The van der Waals surface area contributed by atoms with E-state index in [1.54, 1.807) is 4.90 Å². The lowest BCUT2D eigenvalue weighted by Crippen LogP contribution is -2.43. The quantitative estimate of drug-likeness (QED) is 0.856. The van der Waals surface area contributed by atoms with E-state index in [4.69, 9.17) is 0 Å². The van der Waals surface area contributed by atoms with Crippen LogP contribution in [0.5, 0.6) is 0 Å². The molecule has 0 spiro atoms. The van der Waals surface area contributed by atoms with Gasteiger partial charge in [0.15, 0.2) is 0 Å². The zero-order chi connectivity index (χ0) is 16.8. The summed E-state index contributed by atoms with van der Waals surface area (Å²) in [6, 6.07) is 5.13. The highest BCUT2D eigenvalue weighted by atomic mass is 19.1. The second-order valence-corrected chi connectivity index (χ2v) is 5.50. The Morgan fingerprint density at radius 2 is 2.04 bits per heavy atom. The third-order valence-corrected chi connectivity index (χ3v) is 3.76. The van der Waals surface area contributed by atoms with Gasteiger partial charge in [-0.1, -0.05) is 0 Å². The van der Waals surface area contributed by atoms with Crippen LogP contribution in [-0.2, 0) is 9.59 Å². The van der Waals surface area contributed by atoms with E-state index in [1.165, 1.54) is 24.3 Å². The van der Waals surface area contributed by atoms with E-state index in [2.05, 4.69) is 10.6 Å². The Labute approximate surface area is 134 Å². The maximum atomic E-state index is 12.8. The average Bonchev–Trinajstić information content (AvgIpc) is 2.69. The Kier molecular flexibility index (Phi) is 5.67. The first-order chi connectivity index (χ1) is 11.0. The molecule has 124 valence electrons. The highest BCUT2D eigenvalue weighted by Crippen LogP contribution is 2.07. The molecule has 3 amide bonds. The van der Waals surface area contributed by atoms with Crippen molar-refractivity contribution in [3.8, 4) is 0 Å². The number of hydrogen-bond acceptors (Lipinski definition) is 3. The van der Waals surface area contributed by atoms with Crippen molar-refractivity contribution in [1.29, 1.82) is 0 Å². The van der Waals surface area contributed by atoms with Crippen LogP contribution in [0.1, 0.15) is 30.1 Å². The molecule has 1 atom stereocenters. The minimum Gasteiger partial charge on any atom is -0.354 e. The number of carbonyl (C=O) groups excluding carboxylic acids is 3. The normalized spacial score (nSPS) is 18.1. The second kappa shape index (κ2) is 7.71. The first kappa shape index (κ1) is 16.9. The predicted molar refractivity (Wildman–Crippen MR) is 82.2 cm³/mol. The van der Waals surface area contributed by atoms with Gasteiger partial charge in [-0.15, -0.1) is 0 Å². The van der Waals surface area contributed by atoms with Gasteiger partial charge in [-0.3, -0.25) is 14.4 Å². The fourth-order valence-electron chi connectivity index (χ4n) is 2.40. The molecule has 6 nitrogen and oxygen atoms in total. The molecule has 0 aliphatic carbocycles. The number of rotatable bonds is 4. The Bertz CT molecular complexity index is 589. The van der Waals surface area contributed by atoms with Crippen LogP contribution in [0.2, 0.25) is 0 Å². The highest BCUT2D eigenvalue weighted by Gasteiger charge is 2.24. The van der Waals surface area contributed by atoms with E-state index in [9.17, 15) is 18.8 Å². The van der Waals surface area contributed by atoms with Crippen molar-refractivity contribution >= 4 is 17.7 Å². The number of benzene rings is 1. The largest absolute Gasteiger partial charge is 0.354 e. The zero-order valence-corrected chi connectivity index (χ0v) is 13.0. The molecule has 0 aromatic heterocycles. The van der Waals surface area contributed by atoms with Gasteiger partial charge in [0.1, 0.15) is 5.82 Å². The lowest BCUT2D eigenvalue weighted by atomic mass is 10.2. The molecule has 1 aliphatic heterocycles. The standard InChI is InChI=1S/C16H20FN3O3/c1-11-10-19-14(21)7-9-20(11)15(22)6-8-18-16(23)12-2-4-13(17)5-3-12/h2-5,11H,6-10H2,1H3,(H,18,23)(H,19,21). The Morgan fingerprint density at radius 1 is 1.35 bits per heavy atom. The van der Waals surface area contributed by atoms with E-state index >= 15 is 0 Å². The zero-order valence-electron chi connectivity index (χ0n) is 13.0. The molecule has 1 aromatic rings. The number of halogens is 1. The van der Waals surface area contributed by atoms with Crippen LogP contribution < -0.4 is 10.6 Å². The van der Waals surface area contributed by atoms with Gasteiger partial charge in [-0.2, -0.15) is 0 Å². The lowest BCUT2D eigenvalue weighted by molar-refractivity contribution is -0.132. The van der Waals surface area contributed by atoms with Crippen molar-refractivity contribution in [1.82, 2.24) is 15.5 Å². The molecular weight excluding hydrogens is 301 g/mol. The topological polar surface area (TPSA) is 78.5 Å². The van der Waals surface area contributed by atoms with Gasteiger partial charge in [0.05, 0.1) is 0 Å². The molecule has 2 N–H and O–H groups in total. The monoisotopic (exact) mass is 321 g/mol. The minimum absolute atomic E-state index is 0.0586. The van der Waals surface area contributed by atoms with Crippen LogP contribution in [-0.4, -0.2) is 48.3 Å². The van der Waals surface area contributed by atoms with Gasteiger partial charge in [0, 0.05) is 44.1 Å². The predicted octanol–water partition coefficient (Wildman–Crippen LogP) is 0.683. The third-order valence-electron chi connectivity index (χ3n) is 3.76. The maximum absolute atomic E-state index is 12.8. The first-order valence-corrected chi connectivity index (χ1v) is 7.57. The van der Waals surface area contributed by atoms with Crippen LogP contribution in [0.25, 0.3) is 0 Å². The molecule has 1 fully saturated rings. The van der Waals surface area contributed by atoms with Gasteiger partial charge in [-0.05, 0) is 31.2 Å². The number of nitrogens with one attached hydrogen (secondary N) is 2. The van der Waals surface area contributed by atoms with Gasteiger partial charge in [-0.25, -0.2) is 4.39 Å². The van der Waals surface area contributed by atoms with Gasteiger partial charge in [0.25, 0.3) is 5.91 Å². The van der Waals surface area contributed by atoms with Gasteiger partial charge < -0.3 is 15.5 Å². The van der Waals surface area contributed by atoms with Crippen LogP contribution >= 0.6 is 0 Å². The summed E-state index contributed by atoms with van der Waals surface area (Å²) in [7, 11) is 0. The van der Waals surface area contributed by atoms with E-state index in [0.717, 1.165) is 0 Å². The van der Waals surface area contributed by atoms with E-state index in [-0.39, 0.29) is 43.1 Å². The number of carbonyl (C=O) groups is 3. The summed E-state index contributed by atoms with van der Waals surface area (Å²) in [5.41, 5.74) is 0.344. The van der Waals surface area contributed by atoms with Crippen LogP contribution in [0.15, 0.2) is 24.3 Å². The summed E-state index contributed by atoms with van der Waals surface area (Å²) in [6.07, 6.45) is 0.448. The fraction of sp³-hybridized carbons (Fsp3) is 0.438.